The fourth-order valence-corrected chi connectivity index (χ4v) is 5.43. The Kier molecular flexibility index (Phi) is 4.61. The van der Waals surface area contributed by atoms with Crippen LogP contribution in [0.5, 0.6) is 0 Å². The number of para-hydroxylation sites is 1. The molecular weight excluding hydrogens is 292 g/mol. The minimum atomic E-state index is -3.16. The van der Waals surface area contributed by atoms with Gasteiger partial charge in [0.1, 0.15) is 11.4 Å². The third-order valence-corrected chi connectivity index (χ3v) is 6.84. The summed E-state index contributed by atoms with van der Waals surface area (Å²) in [6.45, 7) is 4.26. The molecule has 1 aliphatic rings. The van der Waals surface area contributed by atoms with E-state index in [1.54, 1.807) is 24.8 Å². The Balaban J connectivity index is 2.52. The molecule has 1 aliphatic heterocycles. The maximum absolute atomic E-state index is 12.3. The van der Waals surface area contributed by atoms with Gasteiger partial charge in [-0.1, -0.05) is 19.1 Å². The third kappa shape index (κ3) is 2.79. The molecule has 1 fully saturated rings. The topological polar surface area (TPSA) is 61.2 Å². The average molecular weight is 310 g/mol. The van der Waals surface area contributed by atoms with Gasteiger partial charge in [0.25, 0.3) is 0 Å². The van der Waals surface area contributed by atoms with Gasteiger partial charge in [-0.05, 0) is 18.6 Å². The summed E-state index contributed by atoms with van der Waals surface area (Å²) in [5, 5.41) is 8.76. The van der Waals surface area contributed by atoms with Crippen molar-refractivity contribution in [1.82, 2.24) is 0 Å². The molecule has 0 spiro atoms. The summed E-state index contributed by atoms with van der Waals surface area (Å²) >= 11 is 1.66. The van der Waals surface area contributed by atoms with Crippen LogP contribution in [0.25, 0.3) is 0 Å². The van der Waals surface area contributed by atoms with Crippen molar-refractivity contribution >= 4 is 27.3 Å². The molecule has 1 aromatic rings. The second-order valence-electron chi connectivity index (χ2n) is 4.76. The van der Waals surface area contributed by atoms with Gasteiger partial charge in [-0.15, -0.1) is 0 Å². The van der Waals surface area contributed by atoms with E-state index in [0.717, 1.165) is 17.0 Å². The standard InChI is InChI=1S/C14H18N2O2S2/c1-3-20(17,18)13-10-19-8-7-16(13)14-11(2)5-4-6-12(14)9-15/h4-6,13H,3,7-8,10H2,1-2H3. The minimum Gasteiger partial charge on any atom is -0.352 e. The van der Waals surface area contributed by atoms with Gasteiger partial charge in [0.15, 0.2) is 9.84 Å². The van der Waals surface area contributed by atoms with Crippen LogP contribution in [0.15, 0.2) is 18.2 Å². The number of sulfone groups is 1. The van der Waals surface area contributed by atoms with Crippen molar-refractivity contribution in [1.29, 1.82) is 5.26 Å². The van der Waals surface area contributed by atoms with E-state index in [1.165, 1.54) is 0 Å². The van der Waals surface area contributed by atoms with Gasteiger partial charge in [-0.2, -0.15) is 17.0 Å². The summed E-state index contributed by atoms with van der Waals surface area (Å²) in [5.41, 5.74) is 2.28. The van der Waals surface area contributed by atoms with Crippen LogP contribution in [0.1, 0.15) is 18.1 Å². The third-order valence-electron chi connectivity index (χ3n) is 3.55. The van der Waals surface area contributed by atoms with Gasteiger partial charge in [-0.3, -0.25) is 0 Å². The van der Waals surface area contributed by atoms with E-state index in [4.69, 9.17) is 0 Å². The van der Waals surface area contributed by atoms with Crippen LogP contribution in [0.4, 0.5) is 5.69 Å². The molecule has 0 amide bonds. The van der Waals surface area contributed by atoms with Gasteiger partial charge >= 0.3 is 0 Å². The number of nitrogens with zero attached hydrogens (tertiary/aromatic N) is 2. The van der Waals surface area contributed by atoms with Gasteiger partial charge < -0.3 is 4.90 Å². The lowest BCUT2D eigenvalue weighted by Gasteiger charge is -2.37. The second-order valence-corrected chi connectivity index (χ2v) is 8.35. The lowest BCUT2D eigenvalue weighted by molar-refractivity contribution is 0.579. The molecule has 20 heavy (non-hydrogen) atoms. The van der Waals surface area contributed by atoms with Gasteiger partial charge in [0.2, 0.25) is 0 Å². The summed E-state index contributed by atoms with van der Waals surface area (Å²) in [4.78, 5) is 1.91. The molecule has 1 saturated heterocycles. The average Bonchev–Trinajstić information content (AvgIpc) is 2.47. The molecule has 0 radical (unpaired) electrons. The highest BCUT2D eigenvalue weighted by Gasteiger charge is 2.34. The zero-order chi connectivity index (χ0) is 14.8. The van der Waals surface area contributed by atoms with Crippen LogP contribution in [-0.4, -0.2) is 37.6 Å². The molecule has 1 unspecified atom stereocenters. The summed E-state index contributed by atoms with van der Waals surface area (Å²) in [6.07, 6.45) is 0. The molecule has 1 atom stereocenters. The van der Waals surface area contributed by atoms with Gasteiger partial charge in [0.05, 0.1) is 11.3 Å². The first kappa shape index (κ1) is 15.2. The minimum absolute atomic E-state index is 0.127. The number of nitriles is 1. The van der Waals surface area contributed by atoms with E-state index in [-0.39, 0.29) is 5.75 Å². The van der Waals surface area contributed by atoms with Crippen molar-refractivity contribution in [2.24, 2.45) is 0 Å². The van der Waals surface area contributed by atoms with E-state index in [2.05, 4.69) is 6.07 Å². The molecular formula is C14H18N2O2S2. The van der Waals surface area contributed by atoms with E-state index in [0.29, 0.717) is 17.9 Å². The highest BCUT2D eigenvalue weighted by molar-refractivity contribution is 8.01. The lowest BCUT2D eigenvalue weighted by atomic mass is 10.1. The monoisotopic (exact) mass is 310 g/mol. The number of aryl methyl sites for hydroxylation is 1. The van der Waals surface area contributed by atoms with Crippen LogP contribution in [0.2, 0.25) is 0 Å². The molecule has 108 valence electrons. The van der Waals surface area contributed by atoms with Crippen molar-refractivity contribution in [2.45, 2.75) is 19.2 Å². The quantitative estimate of drug-likeness (QED) is 0.856. The first-order valence-electron chi connectivity index (χ1n) is 6.57. The van der Waals surface area contributed by atoms with Crippen molar-refractivity contribution in [2.75, 3.05) is 28.7 Å². The molecule has 6 heteroatoms. The summed E-state index contributed by atoms with van der Waals surface area (Å²) in [7, 11) is -3.16. The Morgan fingerprint density at radius 1 is 1.50 bits per heavy atom. The Morgan fingerprint density at radius 3 is 2.90 bits per heavy atom. The van der Waals surface area contributed by atoms with Crippen molar-refractivity contribution in [3.63, 3.8) is 0 Å². The number of hydrogen-bond donors (Lipinski definition) is 0. The molecule has 2 rings (SSSR count). The van der Waals surface area contributed by atoms with Crippen LogP contribution in [0, 0.1) is 18.3 Å². The van der Waals surface area contributed by atoms with E-state index >= 15 is 0 Å². The van der Waals surface area contributed by atoms with Crippen molar-refractivity contribution in [3.8, 4) is 6.07 Å². The second kappa shape index (κ2) is 6.06. The zero-order valence-electron chi connectivity index (χ0n) is 11.7. The number of hydrogen-bond acceptors (Lipinski definition) is 5. The molecule has 0 aromatic heterocycles. The first-order valence-corrected chi connectivity index (χ1v) is 9.44. The molecule has 0 aliphatic carbocycles. The van der Waals surface area contributed by atoms with Crippen molar-refractivity contribution in [3.05, 3.63) is 29.3 Å². The van der Waals surface area contributed by atoms with E-state index < -0.39 is 15.2 Å². The number of thioether (sulfide) groups is 1. The highest BCUT2D eigenvalue weighted by Crippen LogP contribution is 2.32. The highest BCUT2D eigenvalue weighted by atomic mass is 32.2. The molecule has 0 N–H and O–H groups in total. The van der Waals surface area contributed by atoms with Crippen LogP contribution in [-0.2, 0) is 9.84 Å². The zero-order valence-corrected chi connectivity index (χ0v) is 13.3. The van der Waals surface area contributed by atoms with E-state index in [9.17, 15) is 13.7 Å². The number of rotatable bonds is 3. The number of benzene rings is 1. The van der Waals surface area contributed by atoms with Crippen molar-refractivity contribution < 1.29 is 8.42 Å². The molecule has 0 saturated carbocycles. The summed E-state index contributed by atoms with van der Waals surface area (Å²) < 4.78 is 24.6. The molecule has 1 aromatic carbocycles. The first-order chi connectivity index (χ1) is 9.51. The SMILES string of the molecule is CCS(=O)(=O)C1CSCCN1c1c(C)cccc1C#N. The maximum Gasteiger partial charge on any atom is 0.171 e. The predicted molar refractivity (Wildman–Crippen MR) is 83.8 cm³/mol. The fraction of sp³-hybridized carbons (Fsp3) is 0.500. The molecule has 4 nitrogen and oxygen atoms in total. The number of anilines is 1. The smallest absolute Gasteiger partial charge is 0.171 e. The summed E-state index contributed by atoms with van der Waals surface area (Å²) in [6, 6.07) is 7.69. The Labute approximate surface area is 124 Å². The fourth-order valence-electron chi connectivity index (χ4n) is 2.46. The molecule has 1 heterocycles. The maximum atomic E-state index is 12.3. The largest absolute Gasteiger partial charge is 0.352 e. The normalized spacial score (nSPS) is 19.6. The van der Waals surface area contributed by atoms with Gasteiger partial charge in [-0.25, -0.2) is 8.42 Å². The van der Waals surface area contributed by atoms with Crippen LogP contribution >= 0.6 is 11.8 Å². The van der Waals surface area contributed by atoms with Gasteiger partial charge in [0, 0.05) is 23.8 Å². The molecule has 0 bridgehead atoms. The lowest BCUT2D eigenvalue weighted by Crippen LogP contribution is -2.48. The van der Waals surface area contributed by atoms with E-state index in [1.807, 2.05) is 24.0 Å². The Morgan fingerprint density at radius 2 is 2.25 bits per heavy atom. The summed E-state index contributed by atoms with van der Waals surface area (Å²) in [5.74, 6) is 1.58. The Bertz CT molecular complexity index is 635. The van der Waals surface area contributed by atoms with Crippen LogP contribution < -0.4 is 4.90 Å². The predicted octanol–water partition coefficient (Wildman–Crippen LogP) is 2.18. The van der Waals surface area contributed by atoms with Crippen LogP contribution in [0.3, 0.4) is 0 Å². The Hall–Kier alpha value is -1.19.